The highest BCUT2D eigenvalue weighted by Gasteiger charge is 2.18. The molecule has 2 rings (SSSR count). The number of halogens is 1. The Morgan fingerprint density at radius 2 is 1.67 bits per heavy atom. The smallest absolute Gasteiger partial charge is 0.266 e. The molecule has 0 bridgehead atoms. The standard InChI is InChI=1S/C12H10ClNO5S2/c1-20(15,16)10-6-4-9(5-7-10)19-12-11(21(13,17)18)3-2-8-14-12/h2-8H,1H3. The second kappa shape index (κ2) is 5.63. The van der Waals surface area contributed by atoms with E-state index >= 15 is 0 Å². The Morgan fingerprint density at radius 3 is 2.19 bits per heavy atom. The van der Waals surface area contributed by atoms with Crippen molar-refractivity contribution < 1.29 is 21.6 Å². The van der Waals surface area contributed by atoms with Crippen molar-refractivity contribution in [3.05, 3.63) is 42.6 Å². The average molecular weight is 348 g/mol. The molecule has 1 heterocycles. The third-order valence-electron chi connectivity index (χ3n) is 2.47. The fraction of sp³-hybridized carbons (Fsp3) is 0.0833. The Morgan fingerprint density at radius 1 is 1.05 bits per heavy atom. The van der Waals surface area contributed by atoms with Crippen molar-refractivity contribution in [3.8, 4) is 11.6 Å². The Balaban J connectivity index is 2.36. The summed E-state index contributed by atoms with van der Waals surface area (Å²) in [4.78, 5) is 3.67. The van der Waals surface area contributed by atoms with E-state index in [-0.39, 0.29) is 21.4 Å². The maximum Gasteiger partial charge on any atom is 0.266 e. The van der Waals surface area contributed by atoms with Crippen molar-refractivity contribution in [2.24, 2.45) is 0 Å². The summed E-state index contributed by atoms with van der Waals surface area (Å²) in [5.41, 5.74) is 0. The molecule has 0 N–H and O–H groups in total. The summed E-state index contributed by atoms with van der Waals surface area (Å²) in [6, 6.07) is 8.17. The zero-order chi connectivity index (χ0) is 15.7. The van der Waals surface area contributed by atoms with Gasteiger partial charge >= 0.3 is 0 Å². The van der Waals surface area contributed by atoms with Gasteiger partial charge < -0.3 is 4.74 Å². The number of hydrogen-bond donors (Lipinski definition) is 0. The van der Waals surface area contributed by atoms with E-state index < -0.39 is 18.9 Å². The van der Waals surface area contributed by atoms with E-state index in [1.807, 2.05) is 0 Å². The number of benzene rings is 1. The molecular formula is C12H10ClNO5S2. The van der Waals surface area contributed by atoms with Crippen molar-refractivity contribution >= 4 is 29.6 Å². The predicted molar refractivity (Wildman–Crippen MR) is 76.9 cm³/mol. The SMILES string of the molecule is CS(=O)(=O)c1ccc(Oc2ncccc2S(=O)(=O)Cl)cc1. The summed E-state index contributed by atoms with van der Waals surface area (Å²) in [6.45, 7) is 0. The number of hydrogen-bond acceptors (Lipinski definition) is 6. The van der Waals surface area contributed by atoms with Crippen molar-refractivity contribution in [2.45, 2.75) is 9.79 Å². The van der Waals surface area contributed by atoms with Crippen LogP contribution < -0.4 is 4.74 Å². The minimum Gasteiger partial charge on any atom is -0.438 e. The van der Waals surface area contributed by atoms with Crippen LogP contribution in [0.3, 0.4) is 0 Å². The summed E-state index contributed by atoms with van der Waals surface area (Å²) < 4.78 is 50.8. The normalized spacial score (nSPS) is 12.1. The molecule has 0 spiro atoms. The lowest BCUT2D eigenvalue weighted by atomic mass is 10.3. The second-order valence-corrected chi connectivity index (χ2v) is 8.64. The van der Waals surface area contributed by atoms with E-state index in [0.717, 1.165) is 6.26 Å². The van der Waals surface area contributed by atoms with Crippen LogP contribution in [0.25, 0.3) is 0 Å². The lowest BCUT2D eigenvalue weighted by Gasteiger charge is -2.08. The molecule has 2 aromatic rings. The lowest BCUT2D eigenvalue weighted by Crippen LogP contribution is -1.99. The van der Waals surface area contributed by atoms with Crippen molar-refractivity contribution in [1.29, 1.82) is 0 Å². The molecule has 9 heteroatoms. The first kappa shape index (κ1) is 15.7. The van der Waals surface area contributed by atoms with Gasteiger partial charge in [0.15, 0.2) is 9.84 Å². The first-order chi connectivity index (χ1) is 9.68. The Hall–Kier alpha value is -1.64. The van der Waals surface area contributed by atoms with Gasteiger partial charge in [-0.25, -0.2) is 21.8 Å². The van der Waals surface area contributed by atoms with Crippen molar-refractivity contribution in [3.63, 3.8) is 0 Å². The molecule has 21 heavy (non-hydrogen) atoms. The molecule has 1 aromatic heterocycles. The Labute approximate surface area is 126 Å². The van der Waals surface area contributed by atoms with Crippen LogP contribution in [0, 0.1) is 0 Å². The molecule has 6 nitrogen and oxygen atoms in total. The number of ether oxygens (including phenoxy) is 1. The summed E-state index contributed by atoms with van der Waals surface area (Å²) in [7, 11) is -2.02. The van der Waals surface area contributed by atoms with Crippen LogP contribution in [0.2, 0.25) is 0 Å². The Kier molecular flexibility index (Phi) is 4.22. The second-order valence-electron chi connectivity index (χ2n) is 4.09. The molecule has 1 aromatic carbocycles. The van der Waals surface area contributed by atoms with Gasteiger partial charge in [-0.05, 0) is 36.4 Å². The van der Waals surface area contributed by atoms with Gasteiger partial charge in [0, 0.05) is 23.1 Å². The molecule has 0 radical (unpaired) electrons. The predicted octanol–water partition coefficient (Wildman–Crippen LogP) is 2.20. The highest BCUT2D eigenvalue weighted by atomic mass is 35.7. The van der Waals surface area contributed by atoms with Gasteiger partial charge in [-0.15, -0.1) is 0 Å². The Bertz CT molecular complexity index is 861. The lowest BCUT2D eigenvalue weighted by molar-refractivity contribution is 0.447. The highest BCUT2D eigenvalue weighted by molar-refractivity contribution is 8.13. The molecule has 0 aliphatic heterocycles. The average Bonchev–Trinajstić information content (AvgIpc) is 2.37. The van der Waals surface area contributed by atoms with E-state index in [2.05, 4.69) is 4.98 Å². The number of sulfone groups is 1. The zero-order valence-electron chi connectivity index (χ0n) is 10.7. The van der Waals surface area contributed by atoms with Gasteiger partial charge in [0.05, 0.1) is 4.90 Å². The topological polar surface area (TPSA) is 90.4 Å². The zero-order valence-corrected chi connectivity index (χ0v) is 13.1. The fourth-order valence-corrected chi connectivity index (χ4v) is 3.03. The molecule has 0 unspecified atom stereocenters. The van der Waals surface area contributed by atoms with Gasteiger partial charge in [-0.2, -0.15) is 0 Å². The van der Waals surface area contributed by atoms with E-state index in [0.29, 0.717) is 0 Å². The van der Waals surface area contributed by atoms with Crippen LogP contribution in [0.4, 0.5) is 0 Å². The number of pyridine rings is 1. The van der Waals surface area contributed by atoms with Gasteiger partial charge in [0.2, 0.25) is 5.88 Å². The molecule has 0 amide bonds. The van der Waals surface area contributed by atoms with E-state index in [1.165, 1.54) is 42.6 Å². The quantitative estimate of drug-likeness (QED) is 0.787. The van der Waals surface area contributed by atoms with Gasteiger partial charge in [0.25, 0.3) is 9.05 Å². The van der Waals surface area contributed by atoms with Crippen LogP contribution in [-0.2, 0) is 18.9 Å². The number of aromatic nitrogens is 1. The number of rotatable bonds is 4. The monoisotopic (exact) mass is 347 g/mol. The van der Waals surface area contributed by atoms with E-state index in [1.54, 1.807) is 0 Å². The van der Waals surface area contributed by atoms with Gasteiger partial charge in [-0.1, -0.05) is 0 Å². The summed E-state index contributed by atoms with van der Waals surface area (Å²) in [6.07, 6.45) is 2.44. The van der Waals surface area contributed by atoms with Gasteiger partial charge in [0.1, 0.15) is 10.6 Å². The fourth-order valence-electron chi connectivity index (χ4n) is 1.50. The van der Waals surface area contributed by atoms with Crippen LogP contribution >= 0.6 is 10.7 Å². The largest absolute Gasteiger partial charge is 0.438 e. The molecule has 0 saturated heterocycles. The molecule has 112 valence electrons. The molecular weight excluding hydrogens is 338 g/mol. The minimum absolute atomic E-state index is 0.126. The molecule has 0 atom stereocenters. The minimum atomic E-state index is -4.00. The third kappa shape index (κ3) is 3.93. The van der Waals surface area contributed by atoms with Crippen LogP contribution in [0.1, 0.15) is 0 Å². The maximum absolute atomic E-state index is 11.4. The molecule has 0 aliphatic carbocycles. The van der Waals surface area contributed by atoms with Crippen molar-refractivity contribution in [2.75, 3.05) is 6.26 Å². The molecule has 0 saturated carbocycles. The summed E-state index contributed by atoms with van der Waals surface area (Å²) in [5, 5.41) is 0. The molecule has 0 aliphatic rings. The van der Waals surface area contributed by atoms with Crippen molar-refractivity contribution in [1.82, 2.24) is 4.98 Å². The van der Waals surface area contributed by atoms with Crippen LogP contribution in [-0.4, -0.2) is 28.1 Å². The summed E-state index contributed by atoms with van der Waals surface area (Å²) >= 11 is 0. The molecule has 0 fully saturated rings. The first-order valence-corrected chi connectivity index (χ1v) is 9.75. The van der Waals surface area contributed by atoms with Crippen LogP contribution in [0.5, 0.6) is 11.6 Å². The highest BCUT2D eigenvalue weighted by Crippen LogP contribution is 2.29. The summed E-state index contributed by atoms with van der Waals surface area (Å²) in [5.74, 6) is 0.0577. The number of nitrogens with zero attached hydrogens (tertiary/aromatic N) is 1. The third-order valence-corrected chi connectivity index (χ3v) is 4.93. The first-order valence-electron chi connectivity index (χ1n) is 5.55. The van der Waals surface area contributed by atoms with E-state index in [9.17, 15) is 16.8 Å². The maximum atomic E-state index is 11.4. The van der Waals surface area contributed by atoms with Gasteiger partial charge in [-0.3, -0.25) is 0 Å². The van der Waals surface area contributed by atoms with E-state index in [4.69, 9.17) is 15.4 Å². The van der Waals surface area contributed by atoms with Crippen LogP contribution in [0.15, 0.2) is 52.4 Å².